The Bertz CT molecular complexity index is 394. The first-order chi connectivity index (χ1) is 7.22. The molecule has 1 heterocycles. The Morgan fingerprint density at radius 3 is 3.07 bits per heavy atom. The molecule has 0 radical (unpaired) electrons. The van der Waals surface area contributed by atoms with E-state index in [2.05, 4.69) is 0 Å². The standard InChI is InChI=1S/C10H10FNO3/c11-7-1-2-9-8(5-7)10(14)12(3-4-13)6-15-9/h1-2,5,13H,3-4,6H2. The number of carbonyl (C=O) groups excluding carboxylic acids is 1. The van der Waals surface area contributed by atoms with Crippen LogP contribution in [0.1, 0.15) is 10.4 Å². The highest BCUT2D eigenvalue weighted by molar-refractivity contribution is 5.97. The Hall–Kier alpha value is -1.62. The summed E-state index contributed by atoms with van der Waals surface area (Å²) in [4.78, 5) is 13.0. The maximum absolute atomic E-state index is 12.9. The van der Waals surface area contributed by atoms with Gasteiger partial charge in [0.1, 0.15) is 11.6 Å². The highest BCUT2D eigenvalue weighted by Gasteiger charge is 2.25. The minimum atomic E-state index is -0.475. The maximum atomic E-state index is 12.9. The zero-order chi connectivity index (χ0) is 10.8. The molecule has 0 spiro atoms. The number of benzene rings is 1. The molecule has 2 rings (SSSR count). The van der Waals surface area contributed by atoms with Gasteiger partial charge in [-0.3, -0.25) is 4.79 Å². The third-order valence-corrected chi connectivity index (χ3v) is 2.21. The number of hydrogen-bond acceptors (Lipinski definition) is 3. The Morgan fingerprint density at radius 1 is 1.53 bits per heavy atom. The fourth-order valence-electron chi connectivity index (χ4n) is 1.46. The fraction of sp³-hybridized carbons (Fsp3) is 0.300. The number of ether oxygens (including phenoxy) is 1. The number of β-amino-alcohol motifs (C(OH)–C–C–N with tert-alkyl or cyclic N) is 1. The number of aliphatic hydroxyl groups excluding tert-OH is 1. The smallest absolute Gasteiger partial charge is 0.260 e. The molecule has 0 saturated heterocycles. The van der Waals surface area contributed by atoms with Crippen LogP contribution in [-0.2, 0) is 0 Å². The molecule has 4 nitrogen and oxygen atoms in total. The number of amides is 1. The second kappa shape index (κ2) is 3.86. The summed E-state index contributed by atoms with van der Waals surface area (Å²) < 4.78 is 18.1. The zero-order valence-electron chi connectivity index (χ0n) is 7.94. The molecule has 0 aromatic heterocycles. The van der Waals surface area contributed by atoms with Gasteiger partial charge in [-0.1, -0.05) is 0 Å². The van der Waals surface area contributed by atoms with Gasteiger partial charge in [0, 0.05) is 6.54 Å². The third-order valence-electron chi connectivity index (χ3n) is 2.21. The molecule has 0 saturated carbocycles. The van der Waals surface area contributed by atoms with Gasteiger partial charge >= 0.3 is 0 Å². The van der Waals surface area contributed by atoms with Crippen LogP contribution in [0.3, 0.4) is 0 Å². The first-order valence-corrected chi connectivity index (χ1v) is 4.55. The summed E-state index contributed by atoms with van der Waals surface area (Å²) >= 11 is 0. The third kappa shape index (κ3) is 1.78. The van der Waals surface area contributed by atoms with E-state index in [-0.39, 0.29) is 31.4 Å². The summed E-state index contributed by atoms with van der Waals surface area (Å²) in [5, 5.41) is 8.72. The van der Waals surface area contributed by atoms with Crippen LogP contribution in [-0.4, -0.2) is 35.8 Å². The van der Waals surface area contributed by atoms with E-state index in [0.717, 1.165) is 6.07 Å². The topological polar surface area (TPSA) is 49.8 Å². The molecule has 1 aliphatic heterocycles. The second-order valence-corrected chi connectivity index (χ2v) is 3.21. The van der Waals surface area contributed by atoms with E-state index in [9.17, 15) is 9.18 Å². The molecule has 1 aromatic carbocycles. The van der Waals surface area contributed by atoms with Crippen molar-refractivity contribution in [2.75, 3.05) is 19.9 Å². The van der Waals surface area contributed by atoms with Gasteiger partial charge < -0.3 is 14.7 Å². The molecular weight excluding hydrogens is 201 g/mol. The van der Waals surface area contributed by atoms with Crippen molar-refractivity contribution in [1.29, 1.82) is 0 Å². The van der Waals surface area contributed by atoms with Crippen molar-refractivity contribution in [2.45, 2.75) is 0 Å². The molecule has 0 bridgehead atoms. The van der Waals surface area contributed by atoms with E-state index in [0.29, 0.717) is 5.75 Å². The van der Waals surface area contributed by atoms with Gasteiger partial charge in [-0.25, -0.2) is 4.39 Å². The lowest BCUT2D eigenvalue weighted by Gasteiger charge is -2.27. The van der Waals surface area contributed by atoms with Crippen molar-refractivity contribution in [3.8, 4) is 5.75 Å². The van der Waals surface area contributed by atoms with Gasteiger partial charge in [0.05, 0.1) is 12.2 Å². The lowest BCUT2D eigenvalue weighted by atomic mass is 10.1. The number of hydrogen-bond donors (Lipinski definition) is 1. The average Bonchev–Trinajstić information content (AvgIpc) is 2.23. The minimum absolute atomic E-state index is 0.0953. The number of aliphatic hydroxyl groups is 1. The molecule has 5 heteroatoms. The summed E-state index contributed by atoms with van der Waals surface area (Å²) in [6.45, 7) is 0.145. The summed E-state index contributed by atoms with van der Waals surface area (Å²) in [5.74, 6) is -0.406. The molecule has 1 aromatic rings. The van der Waals surface area contributed by atoms with Gasteiger partial charge in [-0.05, 0) is 18.2 Å². The molecule has 1 amide bonds. The van der Waals surface area contributed by atoms with Crippen LogP contribution in [0, 0.1) is 5.82 Å². The molecule has 15 heavy (non-hydrogen) atoms. The summed E-state index contributed by atoms with van der Waals surface area (Å²) in [6.07, 6.45) is 0. The lowest BCUT2D eigenvalue weighted by Crippen LogP contribution is -2.40. The lowest BCUT2D eigenvalue weighted by molar-refractivity contribution is 0.0468. The van der Waals surface area contributed by atoms with Crippen molar-refractivity contribution in [3.05, 3.63) is 29.6 Å². The largest absolute Gasteiger partial charge is 0.472 e. The van der Waals surface area contributed by atoms with Gasteiger partial charge in [-0.15, -0.1) is 0 Å². The van der Waals surface area contributed by atoms with Crippen LogP contribution >= 0.6 is 0 Å². The number of rotatable bonds is 2. The molecule has 1 aliphatic rings. The highest BCUT2D eigenvalue weighted by atomic mass is 19.1. The Labute approximate surface area is 85.9 Å². The zero-order valence-corrected chi connectivity index (χ0v) is 7.94. The monoisotopic (exact) mass is 211 g/mol. The van der Waals surface area contributed by atoms with Crippen LogP contribution in [0.4, 0.5) is 4.39 Å². The fourth-order valence-corrected chi connectivity index (χ4v) is 1.46. The SMILES string of the molecule is O=C1c2cc(F)ccc2OCN1CCO. The first-order valence-electron chi connectivity index (χ1n) is 4.55. The van der Waals surface area contributed by atoms with Crippen molar-refractivity contribution in [1.82, 2.24) is 4.90 Å². The molecule has 80 valence electrons. The number of carbonyl (C=O) groups is 1. The van der Waals surface area contributed by atoms with Crippen LogP contribution in [0.25, 0.3) is 0 Å². The van der Waals surface area contributed by atoms with E-state index in [1.165, 1.54) is 17.0 Å². The quantitative estimate of drug-likeness (QED) is 0.779. The van der Waals surface area contributed by atoms with Crippen LogP contribution in [0.15, 0.2) is 18.2 Å². The number of nitrogens with zero attached hydrogens (tertiary/aromatic N) is 1. The van der Waals surface area contributed by atoms with E-state index >= 15 is 0 Å². The Balaban J connectivity index is 2.32. The van der Waals surface area contributed by atoms with E-state index in [1.54, 1.807) is 0 Å². The Morgan fingerprint density at radius 2 is 2.33 bits per heavy atom. The second-order valence-electron chi connectivity index (χ2n) is 3.21. The van der Waals surface area contributed by atoms with Gasteiger partial charge in [0.25, 0.3) is 5.91 Å². The molecular formula is C10H10FNO3. The summed E-state index contributed by atoms with van der Waals surface area (Å²) in [5.41, 5.74) is 0.203. The van der Waals surface area contributed by atoms with Gasteiger partial charge in [0.2, 0.25) is 0 Å². The van der Waals surface area contributed by atoms with Crippen LogP contribution in [0.2, 0.25) is 0 Å². The number of fused-ring (bicyclic) bond motifs is 1. The van der Waals surface area contributed by atoms with Crippen LogP contribution in [0.5, 0.6) is 5.75 Å². The van der Waals surface area contributed by atoms with Crippen molar-refractivity contribution in [3.63, 3.8) is 0 Å². The first kappa shape index (κ1) is 9.92. The molecule has 0 unspecified atom stereocenters. The Kier molecular flexibility index (Phi) is 2.55. The predicted octanol–water partition coefficient (Wildman–Crippen LogP) is 0.610. The van der Waals surface area contributed by atoms with E-state index < -0.39 is 5.82 Å². The number of halogens is 1. The maximum Gasteiger partial charge on any atom is 0.260 e. The van der Waals surface area contributed by atoms with Crippen molar-refractivity contribution >= 4 is 5.91 Å². The van der Waals surface area contributed by atoms with Crippen molar-refractivity contribution < 1.29 is 19.0 Å². The van der Waals surface area contributed by atoms with Gasteiger partial charge in [-0.2, -0.15) is 0 Å². The minimum Gasteiger partial charge on any atom is -0.472 e. The van der Waals surface area contributed by atoms with E-state index in [4.69, 9.17) is 9.84 Å². The highest BCUT2D eigenvalue weighted by Crippen LogP contribution is 2.25. The average molecular weight is 211 g/mol. The van der Waals surface area contributed by atoms with Crippen molar-refractivity contribution in [2.24, 2.45) is 0 Å². The van der Waals surface area contributed by atoms with Gasteiger partial charge in [0.15, 0.2) is 6.73 Å². The molecule has 1 N–H and O–H groups in total. The summed E-state index contributed by atoms with van der Waals surface area (Å²) in [6, 6.07) is 3.81. The molecule has 0 fully saturated rings. The summed E-state index contributed by atoms with van der Waals surface area (Å²) in [7, 11) is 0. The predicted molar refractivity (Wildman–Crippen MR) is 50.0 cm³/mol. The van der Waals surface area contributed by atoms with Crippen LogP contribution < -0.4 is 4.74 Å². The normalized spacial score (nSPS) is 14.8. The molecule has 0 atom stereocenters. The van der Waals surface area contributed by atoms with E-state index in [1.807, 2.05) is 0 Å². The molecule has 0 aliphatic carbocycles.